The minimum absolute atomic E-state index is 0.422. The summed E-state index contributed by atoms with van der Waals surface area (Å²) in [6.45, 7) is 3.41. The van der Waals surface area contributed by atoms with Gasteiger partial charge in [0.25, 0.3) is 0 Å². The zero-order chi connectivity index (χ0) is 16.5. The van der Waals surface area contributed by atoms with Crippen LogP contribution in [0.3, 0.4) is 0 Å². The number of imidazole rings is 1. The quantitative estimate of drug-likeness (QED) is 0.888. The molecular formula is C16H18N6O2. The Balaban J connectivity index is 1.81. The van der Waals surface area contributed by atoms with Gasteiger partial charge in [-0.25, -0.2) is 14.8 Å². The lowest BCUT2D eigenvalue weighted by molar-refractivity contribution is 0.122. The van der Waals surface area contributed by atoms with Crippen molar-refractivity contribution in [2.45, 2.75) is 6.54 Å². The predicted molar refractivity (Wildman–Crippen MR) is 88.6 cm³/mol. The molecule has 0 unspecified atom stereocenters. The SMILES string of the molecule is NC(=O)N1C=Cc2nc(-n3ccnc3)cc(N3CCOCC3)c2C1. The molecule has 0 aliphatic carbocycles. The summed E-state index contributed by atoms with van der Waals surface area (Å²) in [5.41, 5.74) is 8.34. The zero-order valence-corrected chi connectivity index (χ0v) is 13.1. The molecule has 2 amide bonds. The largest absolute Gasteiger partial charge is 0.378 e. The number of carbonyl (C=O) groups excluding carboxylic acids is 1. The number of morpholine rings is 1. The summed E-state index contributed by atoms with van der Waals surface area (Å²) in [4.78, 5) is 24.1. The highest BCUT2D eigenvalue weighted by atomic mass is 16.5. The topological polar surface area (TPSA) is 89.5 Å². The second kappa shape index (κ2) is 5.97. The fourth-order valence-electron chi connectivity index (χ4n) is 3.01. The normalized spacial score (nSPS) is 17.0. The maximum Gasteiger partial charge on any atom is 0.319 e. The van der Waals surface area contributed by atoms with Crippen LogP contribution in [-0.2, 0) is 11.3 Å². The molecule has 1 fully saturated rings. The maximum absolute atomic E-state index is 11.5. The first-order chi connectivity index (χ1) is 11.7. The number of urea groups is 1. The molecule has 0 atom stereocenters. The molecule has 0 saturated carbocycles. The van der Waals surface area contributed by atoms with E-state index in [9.17, 15) is 4.79 Å². The molecular weight excluding hydrogens is 308 g/mol. The van der Waals surface area contributed by atoms with E-state index in [1.807, 2.05) is 22.9 Å². The van der Waals surface area contributed by atoms with Gasteiger partial charge in [0.1, 0.15) is 12.1 Å². The van der Waals surface area contributed by atoms with Crippen LogP contribution in [0.5, 0.6) is 0 Å². The van der Waals surface area contributed by atoms with E-state index in [1.165, 1.54) is 4.90 Å². The van der Waals surface area contributed by atoms with Crippen molar-refractivity contribution in [2.24, 2.45) is 5.73 Å². The van der Waals surface area contributed by atoms with Gasteiger partial charge in [0.15, 0.2) is 0 Å². The summed E-state index contributed by atoms with van der Waals surface area (Å²) >= 11 is 0. The molecule has 124 valence electrons. The van der Waals surface area contributed by atoms with Crippen LogP contribution in [0.2, 0.25) is 0 Å². The summed E-state index contributed by atoms with van der Waals surface area (Å²) in [5, 5.41) is 0. The number of nitrogens with zero attached hydrogens (tertiary/aromatic N) is 5. The Kier molecular flexibility index (Phi) is 3.66. The number of amides is 2. The highest BCUT2D eigenvalue weighted by Gasteiger charge is 2.24. The van der Waals surface area contributed by atoms with Gasteiger partial charge in [-0.05, 0) is 6.08 Å². The number of nitrogens with two attached hydrogens (primary N) is 1. The van der Waals surface area contributed by atoms with E-state index in [2.05, 4.69) is 9.88 Å². The fourth-order valence-corrected chi connectivity index (χ4v) is 3.01. The van der Waals surface area contributed by atoms with Crippen molar-refractivity contribution in [3.8, 4) is 5.82 Å². The van der Waals surface area contributed by atoms with Gasteiger partial charge < -0.3 is 15.4 Å². The van der Waals surface area contributed by atoms with E-state index in [4.69, 9.17) is 15.5 Å². The van der Waals surface area contributed by atoms with E-state index in [0.717, 1.165) is 35.9 Å². The Morgan fingerprint density at radius 1 is 1.29 bits per heavy atom. The standard InChI is InChI=1S/C16H18N6O2/c17-16(23)21-3-1-13-12(10-21)14(20-5-7-24-8-6-20)9-15(19-13)22-4-2-18-11-22/h1-4,9,11H,5-8,10H2,(H2,17,23). The highest BCUT2D eigenvalue weighted by molar-refractivity contribution is 5.77. The molecule has 2 aromatic heterocycles. The Bertz CT molecular complexity index is 780. The van der Waals surface area contributed by atoms with Crippen LogP contribution in [0.25, 0.3) is 11.9 Å². The number of fused-ring (bicyclic) bond motifs is 1. The molecule has 2 aromatic rings. The molecule has 2 N–H and O–H groups in total. The van der Waals surface area contributed by atoms with E-state index < -0.39 is 6.03 Å². The smallest absolute Gasteiger partial charge is 0.319 e. The first-order valence-electron chi connectivity index (χ1n) is 7.81. The average molecular weight is 326 g/mol. The van der Waals surface area contributed by atoms with Gasteiger partial charge in [0.05, 0.1) is 25.5 Å². The molecule has 1 saturated heterocycles. The van der Waals surface area contributed by atoms with Crippen molar-refractivity contribution >= 4 is 17.8 Å². The Morgan fingerprint density at radius 3 is 2.83 bits per heavy atom. The Hall–Kier alpha value is -2.87. The van der Waals surface area contributed by atoms with Gasteiger partial charge in [-0.3, -0.25) is 9.47 Å². The van der Waals surface area contributed by atoms with Crippen molar-refractivity contribution in [3.63, 3.8) is 0 Å². The third kappa shape index (κ3) is 2.61. The third-order valence-corrected chi connectivity index (χ3v) is 4.26. The van der Waals surface area contributed by atoms with Crippen LogP contribution in [0, 0.1) is 0 Å². The van der Waals surface area contributed by atoms with E-state index in [-0.39, 0.29) is 0 Å². The maximum atomic E-state index is 11.5. The van der Waals surface area contributed by atoms with Crippen molar-refractivity contribution in [1.29, 1.82) is 0 Å². The number of carbonyl (C=O) groups is 1. The number of hydrogen-bond acceptors (Lipinski definition) is 5. The number of hydrogen-bond donors (Lipinski definition) is 1. The minimum Gasteiger partial charge on any atom is -0.378 e. The third-order valence-electron chi connectivity index (χ3n) is 4.26. The van der Waals surface area contributed by atoms with Gasteiger partial charge in [-0.1, -0.05) is 0 Å². The Morgan fingerprint density at radius 2 is 2.12 bits per heavy atom. The van der Waals surface area contributed by atoms with Crippen molar-refractivity contribution < 1.29 is 9.53 Å². The summed E-state index contributed by atoms with van der Waals surface area (Å²) < 4.78 is 7.33. The molecule has 4 heterocycles. The number of primary amides is 1. The van der Waals surface area contributed by atoms with E-state index in [0.29, 0.717) is 19.8 Å². The molecule has 8 nitrogen and oxygen atoms in total. The summed E-state index contributed by atoms with van der Waals surface area (Å²) in [6.07, 6.45) is 8.81. The first-order valence-corrected chi connectivity index (χ1v) is 7.81. The van der Waals surface area contributed by atoms with Gasteiger partial charge >= 0.3 is 6.03 Å². The molecule has 2 aliphatic heterocycles. The number of ether oxygens (including phenoxy) is 1. The average Bonchev–Trinajstić information content (AvgIpc) is 3.15. The first kappa shape index (κ1) is 14.7. The summed E-state index contributed by atoms with van der Waals surface area (Å²) in [6, 6.07) is 1.56. The number of rotatable bonds is 2. The van der Waals surface area contributed by atoms with Crippen LogP contribution in [0.4, 0.5) is 10.5 Å². The van der Waals surface area contributed by atoms with E-state index in [1.54, 1.807) is 18.7 Å². The molecule has 0 bridgehead atoms. The summed E-state index contributed by atoms with van der Waals surface area (Å²) in [7, 11) is 0. The van der Waals surface area contributed by atoms with Crippen LogP contribution in [-0.4, -0.2) is 51.8 Å². The molecule has 4 rings (SSSR count). The highest BCUT2D eigenvalue weighted by Crippen LogP contribution is 2.31. The van der Waals surface area contributed by atoms with Crippen molar-refractivity contribution in [2.75, 3.05) is 31.2 Å². The molecule has 2 aliphatic rings. The van der Waals surface area contributed by atoms with Crippen molar-refractivity contribution in [1.82, 2.24) is 19.4 Å². The fraction of sp³-hybridized carbons (Fsp3) is 0.312. The van der Waals surface area contributed by atoms with Gasteiger partial charge in [-0.15, -0.1) is 0 Å². The van der Waals surface area contributed by atoms with E-state index >= 15 is 0 Å². The molecule has 0 spiro atoms. The molecule has 8 heteroatoms. The number of anilines is 1. The lowest BCUT2D eigenvalue weighted by Gasteiger charge is -2.33. The molecule has 0 aromatic carbocycles. The second-order valence-corrected chi connectivity index (χ2v) is 5.71. The second-order valence-electron chi connectivity index (χ2n) is 5.71. The van der Waals surface area contributed by atoms with Crippen LogP contribution < -0.4 is 10.6 Å². The predicted octanol–water partition coefficient (Wildman–Crippen LogP) is 0.969. The van der Waals surface area contributed by atoms with Gasteiger partial charge in [0.2, 0.25) is 0 Å². The number of pyridine rings is 1. The molecule has 24 heavy (non-hydrogen) atoms. The number of aromatic nitrogens is 3. The minimum atomic E-state index is -0.469. The van der Waals surface area contributed by atoms with Gasteiger partial charge in [0, 0.05) is 49.0 Å². The summed E-state index contributed by atoms with van der Waals surface area (Å²) in [5.74, 6) is 0.796. The monoisotopic (exact) mass is 326 g/mol. The van der Waals surface area contributed by atoms with Gasteiger partial charge in [-0.2, -0.15) is 0 Å². The van der Waals surface area contributed by atoms with Crippen LogP contribution >= 0.6 is 0 Å². The Labute approximate surface area is 139 Å². The van der Waals surface area contributed by atoms with Crippen LogP contribution in [0.15, 0.2) is 31.0 Å². The molecule has 0 radical (unpaired) electrons. The lowest BCUT2D eigenvalue weighted by Crippen LogP contribution is -2.38. The zero-order valence-electron chi connectivity index (χ0n) is 13.1. The van der Waals surface area contributed by atoms with Crippen LogP contribution in [0.1, 0.15) is 11.3 Å². The van der Waals surface area contributed by atoms with Crippen molar-refractivity contribution in [3.05, 3.63) is 42.2 Å². The lowest BCUT2D eigenvalue weighted by atomic mass is 10.1.